The molecule has 0 bridgehead atoms. The number of nitrogens with one attached hydrogen (secondary N) is 1. The maximum atomic E-state index is 4.58. The molecule has 1 N–H and O–H groups in total. The van der Waals surface area contributed by atoms with E-state index >= 15 is 0 Å². The first-order chi connectivity index (χ1) is 12.7. The standard InChI is InChI=1S/C19H15BrIN5/c20-17-7-2-1-5-14(17)10-26-11-16-18(23-12-24-19(16)25-26)22-9-13-4-3-6-15(21)8-13/h1-8,11-12H,9-10H2,(H,22,23,24,25). The number of benzene rings is 2. The van der Waals surface area contributed by atoms with Gasteiger partial charge < -0.3 is 5.32 Å². The summed E-state index contributed by atoms with van der Waals surface area (Å²) in [6.07, 6.45) is 3.54. The van der Waals surface area contributed by atoms with Crippen LogP contribution in [0.3, 0.4) is 0 Å². The molecule has 2 aromatic heterocycles. The first-order valence-corrected chi connectivity index (χ1v) is 9.96. The number of anilines is 1. The fourth-order valence-corrected chi connectivity index (χ4v) is 3.76. The van der Waals surface area contributed by atoms with Crippen molar-refractivity contribution in [2.45, 2.75) is 13.1 Å². The second kappa shape index (κ2) is 7.71. The highest BCUT2D eigenvalue weighted by Gasteiger charge is 2.09. The van der Waals surface area contributed by atoms with Gasteiger partial charge in [-0.1, -0.05) is 46.3 Å². The first kappa shape index (κ1) is 17.4. The second-order valence-electron chi connectivity index (χ2n) is 5.86. The molecule has 4 aromatic rings. The molecule has 0 atom stereocenters. The molecule has 0 fully saturated rings. The Morgan fingerprint density at radius 3 is 2.81 bits per heavy atom. The predicted molar refractivity (Wildman–Crippen MR) is 115 cm³/mol. The monoisotopic (exact) mass is 519 g/mol. The molecule has 0 amide bonds. The number of nitrogens with zero attached hydrogens (tertiary/aromatic N) is 4. The van der Waals surface area contributed by atoms with E-state index in [0.29, 0.717) is 18.7 Å². The topological polar surface area (TPSA) is 55.6 Å². The highest BCUT2D eigenvalue weighted by molar-refractivity contribution is 14.1. The highest BCUT2D eigenvalue weighted by atomic mass is 127. The molecule has 4 rings (SSSR count). The highest BCUT2D eigenvalue weighted by Crippen LogP contribution is 2.21. The zero-order valence-corrected chi connectivity index (χ0v) is 17.5. The van der Waals surface area contributed by atoms with Crippen molar-refractivity contribution in [3.05, 3.63) is 80.2 Å². The van der Waals surface area contributed by atoms with Crippen LogP contribution in [-0.2, 0) is 13.1 Å². The lowest BCUT2D eigenvalue weighted by molar-refractivity contribution is 0.691. The number of hydrogen-bond donors (Lipinski definition) is 1. The van der Waals surface area contributed by atoms with E-state index in [9.17, 15) is 0 Å². The summed E-state index contributed by atoms with van der Waals surface area (Å²) in [5, 5.41) is 8.91. The van der Waals surface area contributed by atoms with Crippen LogP contribution in [0.25, 0.3) is 11.0 Å². The van der Waals surface area contributed by atoms with Gasteiger partial charge in [0.15, 0.2) is 5.65 Å². The summed E-state index contributed by atoms with van der Waals surface area (Å²) in [7, 11) is 0. The van der Waals surface area contributed by atoms with Crippen molar-refractivity contribution < 1.29 is 0 Å². The van der Waals surface area contributed by atoms with Gasteiger partial charge in [-0.15, -0.1) is 0 Å². The van der Waals surface area contributed by atoms with Crippen LogP contribution in [0.15, 0.2) is 65.5 Å². The van der Waals surface area contributed by atoms with Crippen LogP contribution in [0, 0.1) is 3.57 Å². The van der Waals surface area contributed by atoms with Crippen molar-refractivity contribution in [3.63, 3.8) is 0 Å². The smallest absolute Gasteiger partial charge is 0.186 e. The summed E-state index contributed by atoms with van der Waals surface area (Å²) >= 11 is 5.91. The number of fused-ring (bicyclic) bond motifs is 1. The number of hydrogen-bond acceptors (Lipinski definition) is 4. The van der Waals surface area contributed by atoms with Gasteiger partial charge in [-0.05, 0) is 51.9 Å². The van der Waals surface area contributed by atoms with Crippen LogP contribution in [0.2, 0.25) is 0 Å². The first-order valence-electron chi connectivity index (χ1n) is 8.09. The third-order valence-corrected chi connectivity index (χ3v) is 5.45. The minimum Gasteiger partial charge on any atom is -0.365 e. The molecule has 0 radical (unpaired) electrons. The Kier molecular flexibility index (Phi) is 5.16. The summed E-state index contributed by atoms with van der Waals surface area (Å²) in [5.74, 6) is 0.798. The molecule has 2 aromatic carbocycles. The molecule has 7 heteroatoms. The predicted octanol–water partition coefficient (Wildman–Crippen LogP) is 4.85. The molecule has 2 heterocycles. The van der Waals surface area contributed by atoms with Gasteiger partial charge in [-0.2, -0.15) is 5.10 Å². The van der Waals surface area contributed by atoms with E-state index in [1.807, 2.05) is 29.1 Å². The van der Waals surface area contributed by atoms with Crippen molar-refractivity contribution in [3.8, 4) is 0 Å². The summed E-state index contributed by atoms with van der Waals surface area (Å²) in [6.45, 7) is 1.38. The zero-order chi connectivity index (χ0) is 17.9. The van der Waals surface area contributed by atoms with Crippen molar-refractivity contribution in [2.75, 3.05) is 5.32 Å². The number of rotatable bonds is 5. The van der Waals surface area contributed by atoms with E-state index in [2.05, 4.69) is 89.2 Å². The summed E-state index contributed by atoms with van der Waals surface area (Å²) in [6, 6.07) is 16.5. The van der Waals surface area contributed by atoms with Crippen LogP contribution < -0.4 is 5.32 Å². The van der Waals surface area contributed by atoms with Gasteiger partial charge >= 0.3 is 0 Å². The minimum absolute atomic E-state index is 0.675. The average Bonchev–Trinajstić information content (AvgIpc) is 3.05. The van der Waals surface area contributed by atoms with Gasteiger partial charge in [-0.3, -0.25) is 4.68 Å². The number of halogens is 2. The molecule has 0 aliphatic heterocycles. The van der Waals surface area contributed by atoms with Gasteiger partial charge in [0.1, 0.15) is 12.1 Å². The van der Waals surface area contributed by atoms with E-state index in [-0.39, 0.29) is 0 Å². The number of aromatic nitrogens is 4. The molecule has 0 saturated carbocycles. The van der Waals surface area contributed by atoms with Gasteiger partial charge in [0.2, 0.25) is 0 Å². The fraction of sp³-hybridized carbons (Fsp3) is 0.105. The van der Waals surface area contributed by atoms with E-state index < -0.39 is 0 Å². The van der Waals surface area contributed by atoms with Crippen molar-refractivity contribution in [2.24, 2.45) is 0 Å². The maximum absolute atomic E-state index is 4.58. The van der Waals surface area contributed by atoms with Gasteiger partial charge in [0.05, 0.1) is 11.9 Å². The Morgan fingerprint density at radius 2 is 1.96 bits per heavy atom. The van der Waals surface area contributed by atoms with Gasteiger partial charge in [0, 0.05) is 20.8 Å². The van der Waals surface area contributed by atoms with Crippen molar-refractivity contribution >= 4 is 55.4 Å². The average molecular weight is 520 g/mol. The lowest BCUT2D eigenvalue weighted by atomic mass is 10.2. The second-order valence-corrected chi connectivity index (χ2v) is 7.96. The van der Waals surface area contributed by atoms with Crippen LogP contribution in [0.5, 0.6) is 0 Å². The Balaban J connectivity index is 1.58. The van der Waals surface area contributed by atoms with Crippen LogP contribution in [0.4, 0.5) is 5.82 Å². The Labute approximate surface area is 173 Å². The third-order valence-electron chi connectivity index (χ3n) is 4.00. The fourth-order valence-electron chi connectivity index (χ4n) is 2.74. The van der Waals surface area contributed by atoms with Crippen molar-refractivity contribution in [1.82, 2.24) is 19.7 Å². The summed E-state index contributed by atoms with van der Waals surface area (Å²) < 4.78 is 4.19. The Bertz CT molecular complexity index is 1060. The molecule has 26 heavy (non-hydrogen) atoms. The molecular weight excluding hydrogens is 505 g/mol. The summed E-state index contributed by atoms with van der Waals surface area (Å²) in [4.78, 5) is 8.70. The van der Waals surface area contributed by atoms with Gasteiger partial charge in [0.25, 0.3) is 0 Å². The summed E-state index contributed by atoms with van der Waals surface area (Å²) in [5.41, 5.74) is 3.07. The molecular formula is C19H15BrIN5. The molecule has 5 nitrogen and oxygen atoms in total. The molecule has 130 valence electrons. The zero-order valence-electron chi connectivity index (χ0n) is 13.7. The molecule has 0 spiro atoms. The SMILES string of the molecule is Brc1ccccc1Cn1cc2c(NCc3cccc(I)c3)ncnc2n1. The lowest BCUT2D eigenvalue weighted by Crippen LogP contribution is -2.02. The molecule has 0 saturated heterocycles. The molecule has 0 aliphatic carbocycles. The van der Waals surface area contributed by atoms with Crippen LogP contribution in [0.1, 0.15) is 11.1 Å². The van der Waals surface area contributed by atoms with E-state index in [0.717, 1.165) is 15.7 Å². The Hall–Kier alpha value is -2.00. The minimum atomic E-state index is 0.675. The third kappa shape index (κ3) is 3.88. The van der Waals surface area contributed by atoms with E-state index in [4.69, 9.17) is 0 Å². The lowest BCUT2D eigenvalue weighted by Gasteiger charge is -2.06. The molecule has 0 unspecified atom stereocenters. The van der Waals surface area contributed by atoms with Crippen LogP contribution >= 0.6 is 38.5 Å². The van der Waals surface area contributed by atoms with Crippen molar-refractivity contribution in [1.29, 1.82) is 0 Å². The normalized spacial score (nSPS) is 11.0. The van der Waals surface area contributed by atoms with Gasteiger partial charge in [-0.25, -0.2) is 9.97 Å². The van der Waals surface area contributed by atoms with E-state index in [1.165, 1.54) is 14.7 Å². The Morgan fingerprint density at radius 1 is 1.08 bits per heavy atom. The quantitative estimate of drug-likeness (QED) is 0.383. The van der Waals surface area contributed by atoms with E-state index in [1.54, 1.807) is 6.33 Å². The van der Waals surface area contributed by atoms with Crippen LogP contribution in [-0.4, -0.2) is 19.7 Å². The molecule has 0 aliphatic rings. The maximum Gasteiger partial charge on any atom is 0.186 e. The largest absolute Gasteiger partial charge is 0.365 e.